The maximum Gasteiger partial charge on any atom is 0.271 e. The fourth-order valence-corrected chi connectivity index (χ4v) is 5.63. The van der Waals surface area contributed by atoms with Crippen molar-refractivity contribution in [1.29, 1.82) is 0 Å². The molecule has 3 atom stereocenters. The van der Waals surface area contributed by atoms with Crippen LogP contribution in [0.1, 0.15) is 63.4 Å². The molecule has 0 radical (unpaired) electrons. The molecular formula is C27H39N3O5. The Hall–Kier alpha value is -2.74. The summed E-state index contributed by atoms with van der Waals surface area (Å²) in [6.45, 7) is 7.99. The van der Waals surface area contributed by atoms with E-state index >= 15 is 0 Å². The summed E-state index contributed by atoms with van der Waals surface area (Å²) in [5, 5.41) is 4.12. The summed E-state index contributed by atoms with van der Waals surface area (Å²) in [6, 6.07) is 5.67. The van der Waals surface area contributed by atoms with Crippen molar-refractivity contribution < 1.29 is 23.8 Å². The SMILES string of the molecule is CCOCCCN1C(=O)c2cc3c(OC)ccc(OC)c3n2CC1(C)C(=O)NC1CCCCC1C. The van der Waals surface area contributed by atoms with E-state index in [2.05, 4.69) is 12.2 Å². The maximum absolute atomic E-state index is 13.9. The van der Waals surface area contributed by atoms with Gasteiger partial charge >= 0.3 is 0 Å². The zero-order valence-electron chi connectivity index (χ0n) is 21.7. The molecule has 0 saturated heterocycles. The molecule has 8 nitrogen and oxygen atoms in total. The Kier molecular flexibility index (Phi) is 7.59. The second-order valence-electron chi connectivity index (χ2n) is 9.97. The van der Waals surface area contributed by atoms with Crippen molar-refractivity contribution in [2.24, 2.45) is 5.92 Å². The molecular weight excluding hydrogens is 446 g/mol. The lowest BCUT2D eigenvalue weighted by Gasteiger charge is -2.45. The summed E-state index contributed by atoms with van der Waals surface area (Å²) in [4.78, 5) is 29.6. The van der Waals surface area contributed by atoms with Crippen LogP contribution < -0.4 is 14.8 Å². The summed E-state index contributed by atoms with van der Waals surface area (Å²) < 4.78 is 18.7. The Bertz CT molecular complexity index is 1080. The van der Waals surface area contributed by atoms with Gasteiger partial charge in [0.05, 0.1) is 26.3 Å². The smallest absolute Gasteiger partial charge is 0.271 e. The van der Waals surface area contributed by atoms with Gasteiger partial charge in [0.1, 0.15) is 22.7 Å². The number of aromatic nitrogens is 1. The predicted octanol–water partition coefficient (Wildman–Crippen LogP) is 3.99. The fraction of sp³-hybridized carbons (Fsp3) is 0.630. The number of amides is 2. The highest BCUT2D eigenvalue weighted by Crippen LogP contribution is 2.40. The molecule has 1 saturated carbocycles. The molecule has 3 unspecified atom stereocenters. The van der Waals surface area contributed by atoms with Crippen molar-refractivity contribution in [3.05, 3.63) is 23.9 Å². The molecule has 0 spiro atoms. The molecule has 1 aromatic carbocycles. The van der Waals surface area contributed by atoms with Crippen LogP contribution in [-0.2, 0) is 16.1 Å². The maximum atomic E-state index is 13.9. The standard InChI is InChI=1S/C27H39N3O5/c1-6-35-15-9-14-30-25(31)21-16-19-22(33-4)12-13-23(34-5)24(19)29(21)17-27(30,3)26(32)28-20-11-8-7-10-18(20)2/h12-13,16,18,20H,6-11,14-15,17H2,1-5H3,(H,28,32). The van der Waals surface area contributed by atoms with E-state index in [0.29, 0.717) is 55.8 Å². The number of hydrogen-bond donors (Lipinski definition) is 1. The molecule has 1 aromatic heterocycles. The Morgan fingerprint density at radius 3 is 2.57 bits per heavy atom. The van der Waals surface area contributed by atoms with Crippen LogP contribution in [0.25, 0.3) is 10.9 Å². The number of carbonyl (C=O) groups is 2. The highest BCUT2D eigenvalue weighted by atomic mass is 16.5. The molecule has 1 aliphatic carbocycles. The average molecular weight is 486 g/mol. The number of fused-ring (bicyclic) bond motifs is 3. The molecule has 2 aromatic rings. The molecule has 2 heterocycles. The molecule has 2 aliphatic rings. The number of hydrogen-bond acceptors (Lipinski definition) is 5. The van der Waals surface area contributed by atoms with E-state index < -0.39 is 5.54 Å². The predicted molar refractivity (Wildman–Crippen MR) is 135 cm³/mol. The fourth-order valence-electron chi connectivity index (χ4n) is 5.63. The minimum absolute atomic E-state index is 0.102. The highest BCUT2D eigenvalue weighted by molar-refractivity contribution is 6.05. The zero-order chi connectivity index (χ0) is 25.2. The van der Waals surface area contributed by atoms with E-state index in [-0.39, 0.29) is 17.9 Å². The Morgan fingerprint density at radius 1 is 1.17 bits per heavy atom. The van der Waals surface area contributed by atoms with Gasteiger partial charge in [-0.15, -0.1) is 0 Å². The van der Waals surface area contributed by atoms with E-state index in [9.17, 15) is 9.59 Å². The molecule has 1 fully saturated rings. The molecule has 192 valence electrons. The van der Waals surface area contributed by atoms with Crippen LogP contribution in [-0.4, -0.2) is 66.8 Å². The van der Waals surface area contributed by atoms with Crippen LogP contribution in [0.4, 0.5) is 0 Å². The van der Waals surface area contributed by atoms with Crippen LogP contribution in [0.15, 0.2) is 18.2 Å². The number of rotatable bonds is 9. The first-order valence-electron chi connectivity index (χ1n) is 12.8. The van der Waals surface area contributed by atoms with Crippen LogP contribution in [0.2, 0.25) is 0 Å². The minimum atomic E-state index is -1.05. The van der Waals surface area contributed by atoms with Crippen molar-refractivity contribution in [3.8, 4) is 11.5 Å². The number of methoxy groups -OCH3 is 2. The largest absolute Gasteiger partial charge is 0.496 e. The third kappa shape index (κ3) is 4.60. The van der Waals surface area contributed by atoms with Gasteiger partial charge in [0.15, 0.2) is 0 Å². The number of ether oxygens (including phenoxy) is 3. The lowest BCUT2D eigenvalue weighted by atomic mass is 9.85. The minimum Gasteiger partial charge on any atom is -0.496 e. The molecule has 1 N–H and O–H groups in total. The van der Waals surface area contributed by atoms with Crippen molar-refractivity contribution >= 4 is 22.7 Å². The number of benzene rings is 1. The molecule has 1 aliphatic heterocycles. The third-order valence-corrected chi connectivity index (χ3v) is 7.74. The summed E-state index contributed by atoms with van der Waals surface area (Å²) in [7, 11) is 3.23. The van der Waals surface area contributed by atoms with Crippen LogP contribution >= 0.6 is 0 Å². The van der Waals surface area contributed by atoms with Crippen molar-refractivity contribution in [3.63, 3.8) is 0 Å². The molecule has 8 heteroatoms. The highest BCUT2D eigenvalue weighted by Gasteiger charge is 2.48. The van der Waals surface area contributed by atoms with Crippen LogP contribution in [0.3, 0.4) is 0 Å². The second-order valence-corrected chi connectivity index (χ2v) is 9.97. The molecule has 35 heavy (non-hydrogen) atoms. The van der Waals surface area contributed by atoms with E-state index in [0.717, 1.165) is 30.2 Å². The molecule has 0 bridgehead atoms. The van der Waals surface area contributed by atoms with Gasteiger partial charge in [-0.3, -0.25) is 9.59 Å². The van der Waals surface area contributed by atoms with Gasteiger partial charge in [0.2, 0.25) is 5.91 Å². The molecule has 4 rings (SSSR count). The third-order valence-electron chi connectivity index (χ3n) is 7.74. The summed E-state index contributed by atoms with van der Waals surface area (Å²) in [5.41, 5.74) is 0.262. The monoisotopic (exact) mass is 485 g/mol. The normalized spacial score (nSPS) is 24.4. The first kappa shape index (κ1) is 25.4. The molecule has 2 amide bonds. The van der Waals surface area contributed by atoms with Crippen LogP contribution in [0, 0.1) is 5.92 Å². The van der Waals surface area contributed by atoms with Gasteiger partial charge in [-0.25, -0.2) is 0 Å². The number of nitrogens with zero attached hydrogens (tertiary/aromatic N) is 2. The average Bonchev–Trinajstić information content (AvgIpc) is 3.23. The summed E-state index contributed by atoms with van der Waals surface area (Å²) in [6.07, 6.45) is 5.07. The Morgan fingerprint density at radius 2 is 1.89 bits per heavy atom. The topological polar surface area (TPSA) is 82.0 Å². The Balaban J connectivity index is 1.76. The van der Waals surface area contributed by atoms with E-state index in [1.807, 2.05) is 36.6 Å². The quantitative estimate of drug-likeness (QED) is 0.543. The Labute approximate surface area is 207 Å². The number of carbonyl (C=O) groups excluding carboxylic acids is 2. The van der Waals surface area contributed by atoms with Crippen LogP contribution in [0.5, 0.6) is 11.5 Å². The van der Waals surface area contributed by atoms with Gasteiger partial charge in [0.25, 0.3) is 5.91 Å². The lowest BCUT2D eigenvalue weighted by molar-refractivity contribution is -0.134. The summed E-state index contributed by atoms with van der Waals surface area (Å²) in [5.74, 6) is 1.47. The van der Waals surface area contributed by atoms with E-state index in [1.54, 1.807) is 19.1 Å². The van der Waals surface area contributed by atoms with Gasteiger partial charge < -0.3 is 29.0 Å². The zero-order valence-corrected chi connectivity index (χ0v) is 21.7. The van der Waals surface area contributed by atoms with Gasteiger partial charge in [-0.05, 0) is 57.2 Å². The van der Waals surface area contributed by atoms with Crippen molar-refractivity contribution in [1.82, 2.24) is 14.8 Å². The lowest BCUT2D eigenvalue weighted by Crippen LogP contribution is -2.65. The second kappa shape index (κ2) is 10.5. The van der Waals surface area contributed by atoms with Crippen molar-refractivity contribution in [2.75, 3.05) is 34.0 Å². The van der Waals surface area contributed by atoms with Crippen molar-refractivity contribution in [2.45, 2.75) is 71.0 Å². The number of nitrogens with one attached hydrogen (secondary N) is 1. The van der Waals surface area contributed by atoms with Gasteiger partial charge in [-0.2, -0.15) is 0 Å². The summed E-state index contributed by atoms with van der Waals surface area (Å²) >= 11 is 0. The van der Waals surface area contributed by atoms with E-state index in [4.69, 9.17) is 14.2 Å². The first-order chi connectivity index (χ1) is 16.8. The van der Waals surface area contributed by atoms with Gasteiger partial charge in [-0.1, -0.05) is 19.8 Å². The first-order valence-corrected chi connectivity index (χ1v) is 12.8. The van der Waals surface area contributed by atoms with E-state index in [1.165, 1.54) is 6.42 Å². The van der Waals surface area contributed by atoms with Gasteiger partial charge in [0, 0.05) is 31.2 Å².